The largest absolute Gasteiger partial charge is 0.302 e. The molecule has 0 atom stereocenters. The number of pyridine rings is 1. The van der Waals surface area contributed by atoms with Crippen LogP contribution in [0.25, 0.3) is 0 Å². The minimum atomic E-state index is 0.969. The van der Waals surface area contributed by atoms with E-state index in [1.54, 1.807) is 0 Å². The Balaban J connectivity index is 1.48. The molecular formula is C20H29N3. The summed E-state index contributed by atoms with van der Waals surface area (Å²) in [5, 5.41) is 0. The quantitative estimate of drug-likeness (QED) is 0.795. The van der Waals surface area contributed by atoms with Gasteiger partial charge >= 0.3 is 0 Å². The molecule has 0 radical (unpaired) electrons. The topological polar surface area (TPSA) is 19.4 Å². The van der Waals surface area contributed by atoms with Crippen molar-refractivity contribution in [1.82, 2.24) is 14.8 Å². The molecule has 2 fully saturated rings. The van der Waals surface area contributed by atoms with Crippen LogP contribution in [0.3, 0.4) is 0 Å². The van der Waals surface area contributed by atoms with Crippen LogP contribution in [0.15, 0.2) is 18.5 Å². The summed E-state index contributed by atoms with van der Waals surface area (Å²) < 4.78 is 0. The second kappa shape index (κ2) is 9.05. The number of nitrogens with zero attached hydrogens (tertiary/aromatic N) is 3. The van der Waals surface area contributed by atoms with E-state index in [-0.39, 0.29) is 0 Å². The van der Waals surface area contributed by atoms with Crippen molar-refractivity contribution in [2.24, 2.45) is 0 Å². The van der Waals surface area contributed by atoms with Crippen molar-refractivity contribution in [3.63, 3.8) is 0 Å². The number of hydrogen-bond donors (Lipinski definition) is 0. The fraction of sp³-hybridized carbons (Fsp3) is 0.650. The van der Waals surface area contributed by atoms with E-state index in [1.807, 2.05) is 12.4 Å². The van der Waals surface area contributed by atoms with Gasteiger partial charge in [0.15, 0.2) is 0 Å². The molecule has 0 aliphatic carbocycles. The van der Waals surface area contributed by atoms with Gasteiger partial charge in [0, 0.05) is 37.5 Å². The van der Waals surface area contributed by atoms with Gasteiger partial charge in [-0.2, -0.15) is 0 Å². The monoisotopic (exact) mass is 311 g/mol. The van der Waals surface area contributed by atoms with Gasteiger partial charge in [-0.25, -0.2) is 0 Å². The van der Waals surface area contributed by atoms with Gasteiger partial charge in [0.25, 0.3) is 0 Å². The van der Waals surface area contributed by atoms with Crippen LogP contribution in [-0.2, 0) is 6.54 Å². The van der Waals surface area contributed by atoms with Crippen LogP contribution >= 0.6 is 0 Å². The lowest BCUT2D eigenvalue weighted by Gasteiger charge is -2.26. The molecule has 3 heteroatoms. The average Bonchev–Trinajstić information content (AvgIpc) is 2.61. The zero-order chi connectivity index (χ0) is 15.7. The molecule has 124 valence electrons. The molecule has 23 heavy (non-hydrogen) atoms. The molecule has 1 aromatic rings. The van der Waals surface area contributed by atoms with Gasteiger partial charge in [0.2, 0.25) is 0 Å². The van der Waals surface area contributed by atoms with Crippen molar-refractivity contribution in [1.29, 1.82) is 0 Å². The Morgan fingerprint density at radius 2 is 1.57 bits per heavy atom. The molecule has 3 heterocycles. The predicted octanol–water partition coefficient (Wildman–Crippen LogP) is 3.30. The van der Waals surface area contributed by atoms with Gasteiger partial charge in [-0.05, 0) is 63.5 Å². The Morgan fingerprint density at radius 3 is 2.30 bits per heavy atom. The zero-order valence-electron chi connectivity index (χ0n) is 14.3. The van der Waals surface area contributed by atoms with Crippen molar-refractivity contribution in [2.45, 2.75) is 51.5 Å². The van der Waals surface area contributed by atoms with Crippen LogP contribution in [0.4, 0.5) is 0 Å². The van der Waals surface area contributed by atoms with Gasteiger partial charge in [-0.3, -0.25) is 9.88 Å². The SMILES string of the molecule is C(#Cc1cncc(CN2CCCCC2)c1)CCN1CCCCC1. The third kappa shape index (κ3) is 5.64. The Hall–Kier alpha value is -1.37. The summed E-state index contributed by atoms with van der Waals surface area (Å²) in [7, 11) is 0. The lowest BCUT2D eigenvalue weighted by molar-refractivity contribution is 0.220. The molecule has 1 aromatic heterocycles. The number of likely N-dealkylation sites (tertiary alicyclic amines) is 2. The van der Waals surface area contributed by atoms with Crippen molar-refractivity contribution in [2.75, 3.05) is 32.7 Å². The molecule has 0 unspecified atom stereocenters. The molecule has 0 spiro atoms. The number of piperidine rings is 2. The lowest BCUT2D eigenvalue weighted by atomic mass is 10.1. The summed E-state index contributed by atoms with van der Waals surface area (Å²) in [5.74, 6) is 6.64. The Bertz CT molecular complexity index is 531. The highest BCUT2D eigenvalue weighted by atomic mass is 15.1. The summed E-state index contributed by atoms with van der Waals surface area (Å²) in [6, 6.07) is 2.22. The molecule has 2 aliphatic heterocycles. The number of hydrogen-bond acceptors (Lipinski definition) is 3. The van der Waals surface area contributed by atoms with E-state index in [4.69, 9.17) is 0 Å². The first kappa shape index (κ1) is 16.5. The maximum Gasteiger partial charge on any atom is 0.0431 e. The van der Waals surface area contributed by atoms with Crippen LogP contribution in [0, 0.1) is 11.8 Å². The first-order chi connectivity index (χ1) is 11.4. The first-order valence-corrected chi connectivity index (χ1v) is 9.28. The summed E-state index contributed by atoms with van der Waals surface area (Å²) in [4.78, 5) is 9.46. The van der Waals surface area contributed by atoms with Crippen LogP contribution in [0.2, 0.25) is 0 Å². The van der Waals surface area contributed by atoms with E-state index in [1.165, 1.54) is 70.3 Å². The van der Waals surface area contributed by atoms with E-state index < -0.39 is 0 Å². The number of rotatable bonds is 4. The molecule has 0 amide bonds. The highest BCUT2D eigenvalue weighted by molar-refractivity contribution is 5.34. The van der Waals surface area contributed by atoms with Gasteiger partial charge in [-0.1, -0.05) is 24.7 Å². The fourth-order valence-electron chi connectivity index (χ4n) is 3.58. The maximum atomic E-state index is 4.38. The van der Waals surface area contributed by atoms with Crippen molar-refractivity contribution >= 4 is 0 Å². The third-order valence-electron chi connectivity index (χ3n) is 4.88. The Morgan fingerprint density at radius 1 is 0.870 bits per heavy atom. The van der Waals surface area contributed by atoms with Crippen LogP contribution < -0.4 is 0 Å². The van der Waals surface area contributed by atoms with Crippen molar-refractivity contribution in [3.8, 4) is 11.8 Å². The number of aromatic nitrogens is 1. The summed E-state index contributed by atoms with van der Waals surface area (Å²) in [6.45, 7) is 7.12. The van der Waals surface area contributed by atoms with Crippen molar-refractivity contribution < 1.29 is 0 Å². The minimum Gasteiger partial charge on any atom is -0.302 e. The van der Waals surface area contributed by atoms with E-state index in [0.29, 0.717) is 0 Å². The normalized spacial score (nSPS) is 20.0. The van der Waals surface area contributed by atoms with Gasteiger partial charge in [0.05, 0.1) is 0 Å². The second-order valence-corrected chi connectivity index (χ2v) is 6.87. The van der Waals surface area contributed by atoms with Gasteiger partial charge in [0.1, 0.15) is 0 Å². The van der Waals surface area contributed by atoms with E-state index in [0.717, 1.165) is 25.1 Å². The molecule has 0 bridgehead atoms. The fourth-order valence-corrected chi connectivity index (χ4v) is 3.58. The lowest BCUT2D eigenvalue weighted by Crippen LogP contribution is -2.30. The summed E-state index contributed by atoms with van der Waals surface area (Å²) >= 11 is 0. The molecule has 0 saturated carbocycles. The molecule has 0 aromatic carbocycles. The van der Waals surface area contributed by atoms with Crippen LogP contribution in [-0.4, -0.2) is 47.5 Å². The van der Waals surface area contributed by atoms with E-state index in [9.17, 15) is 0 Å². The summed E-state index contributed by atoms with van der Waals surface area (Å²) in [6.07, 6.45) is 13.0. The first-order valence-electron chi connectivity index (χ1n) is 9.28. The molecule has 2 aliphatic rings. The molecule has 3 nitrogen and oxygen atoms in total. The second-order valence-electron chi connectivity index (χ2n) is 6.87. The molecular weight excluding hydrogens is 282 g/mol. The smallest absolute Gasteiger partial charge is 0.0431 e. The zero-order valence-corrected chi connectivity index (χ0v) is 14.3. The molecule has 3 rings (SSSR count). The van der Waals surface area contributed by atoms with Gasteiger partial charge < -0.3 is 4.90 Å². The third-order valence-corrected chi connectivity index (χ3v) is 4.88. The maximum absolute atomic E-state index is 4.38. The summed E-state index contributed by atoms with van der Waals surface area (Å²) in [5.41, 5.74) is 2.37. The van der Waals surface area contributed by atoms with Crippen LogP contribution in [0.5, 0.6) is 0 Å². The highest BCUT2D eigenvalue weighted by Gasteiger charge is 2.10. The van der Waals surface area contributed by atoms with Gasteiger partial charge in [-0.15, -0.1) is 0 Å². The Labute approximate surface area is 141 Å². The molecule has 0 N–H and O–H groups in total. The standard InChI is InChI=1S/C20H29N3/c1-4-10-22(11-5-1)12-8-3-9-19-15-20(17-21-16-19)18-23-13-6-2-7-14-23/h15-17H,1-2,4-8,10-14,18H2. The van der Waals surface area contributed by atoms with Crippen LogP contribution in [0.1, 0.15) is 56.1 Å². The molecule has 2 saturated heterocycles. The van der Waals surface area contributed by atoms with E-state index in [2.05, 4.69) is 32.7 Å². The predicted molar refractivity (Wildman–Crippen MR) is 95.2 cm³/mol. The minimum absolute atomic E-state index is 0.969. The Kier molecular flexibility index (Phi) is 6.49. The highest BCUT2D eigenvalue weighted by Crippen LogP contribution is 2.13. The average molecular weight is 311 g/mol. The van der Waals surface area contributed by atoms with Crippen molar-refractivity contribution in [3.05, 3.63) is 29.6 Å². The van der Waals surface area contributed by atoms with E-state index >= 15 is 0 Å².